The maximum absolute atomic E-state index is 7.06. The summed E-state index contributed by atoms with van der Waals surface area (Å²) in [6, 6.07) is 54.6. The highest BCUT2D eigenvalue weighted by atomic mass is 16.3. The highest BCUT2D eigenvalue weighted by Gasteiger charge is 2.51. The Morgan fingerprint density at radius 2 is 0.797 bits per heavy atom. The van der Waals surface area contributed by atoms with Crippen LogP contribution < -0.4 is 26.2 Å². The van der Waals surface area contributed by atoms with Gasteiger partial charge in [0.2, 0.25) is 0 Å². The van der Waals surface area contributed by atoms with Crippen molar-refractivity contribution >= 4 is 79.2 Å². The Bertz CT molecular complexity index is 3970. The van der Waals surface area contributed by atoms with Gasteiger partial charge in [0.15, 0.2) is 5.58 Å². The molecule has 74 heavy (non-hydrogen) atoms. The van der Waals surface area contributed by atoms with Crippen molar-refractivity contribution in [1.82, 2.24) is 0 Å². The molecule has 368 valence electrons. The van der Waals surface area contributed by atoms with Crippen LogP contribution in [0.15, 0.2) is 144 Å². The quantitative estimate of drug-likeness (QED) is 0.161. The first-order valence-electron chi connectivity index (χ1n) is 27.4. The fraction of sp³-hybridized carbons (Fsp3) is 0.314. The van der Waals surface area contributed by atoms with E-state index >= 15 is 0 Å². The zero-order valence-corrected chi connectivity index (χ0v) is 46.1. The molecule has 0 amide bonds. The van der Waals surface area contributed by atoms with Gasteiger partial charge in [-0.2, -0.15) is 0 Å². The minimum atomic E-state index is -0.249. The number of benzene rings is 8. The first kappa shape index (κ1) is 45.8. The van der Waals surface area contributed by atoms with Gasteiger partial charge in [0.05, 0.1) is 5.69 Å². The monoisotopic (exact) mass is 965 g/mol. The Balaban J connectivity index is 1.15. The van der Waals surface area contributed by atoms with E-state index < -0.39 is 0 Å². The van der Waals surface area contributed by atoms with Crippen LogP contribution in [0, 0.1) is 13.8 Å². The summed E-state index contributed by atoms with van der Waals surface area (Å²) in [7, 11) is 0. The normalized spacial score (nSPS) is 19.1. The zero-order chi connectivity index (χ0) is 51.6. The van der Waals surface area contributed by atoms with E-state index in [0.29, 0.717) is 0 Å². The van der Waals surface area contributed by atoms with Crippen molar-refractivity contribution in [3.8, 4) is 0 Å². The largest absolute Gasteiger partial charge is 0.454 e. The van der Waals surface area contributed by atoms with Gasteiger partial charge in [-0.3, -0.25) is 0 Å². The van der Waals surface area contributed by atoms with Crippen LogP contribution in [0.1, 0.15) is 163 Å². The van der Waals surface area contributed by atoms with E-state index in [2.05, 4.69) is 246 Å². The summed E-state index contributed by atoms with van der Waals surface area (Å²) in [5.41, 5.74) is 29.2. The molecule has 1 aromatic heterocycles. The Morgan fingerprint density at radius 1 is 0.378 bits per heavy atom. The average molecular weight is 965 g/mol. The molecule has 4 heteroatoms. The van der Waals surface area contributed by atoms with Gasteiger partial charge in [-0.1, -0.05) is 180 Å². The van der Waals surface area contributed by atoms with E-state index in [1.54, 1.807) is 0 Å². The molecule has 5 aliphatic rings. The summed E-state index contributed by atoms with van der Waals surface area (Å²) in [6.45, 7) is 34.2. The number of fused-ring (bicyclic) bond motifs is 12. The first-order chi connectivity index (χ1) is 35.0. The van der Waals surface area contributed by atoms with Crippen LogP contribution >= 0.6 is 0 Å². The van der Waals surface area contributed by atoms with Crippen LogP contribution in [-0.2, 0) is 32.5 Å². The highest BCUT2D eigenvalue weighted by molar-refractivity contribution is 7.00. The third kappa shape index (κ3) is 5.81. The third-order valence-electron chi connectivity index (χ3n) is 19.8. The molecular weight excluding hydrogens is 896 g/mol. The van der Waals surface area contributed by atoms with Crippen molar-refractivity contribution in [2.75, 3.05) is 9.80 Å². The molecule has 0 spiro atoms. The van der Waals surface area contributed by atoms with Gasteiger partial charge in [-0.15, -0.1) is 0 Å². The van der Waals surface area contributed by atoms with E-state index in [4.69, 9.17) is 4.42 Å². The predicted octanol–water partition coefficient (Wildman–Crippen LogP) is 16.6. The average Bonchev–Trinajstić information content (AvgIpc) is 3.76. The number of anilines is 6. The molecule has 0 unspecified atom stereocenters. The maximum atomic E-state index is 7.06. The first-order valence-corrected chi connectivity index (χ1v) is 27.4. The number of hydrogen-bond donors (Lipinski definition) is 0. The lowest BCUT2D eigenvalue weighted by Gasteiger charge is -2.50. The minimum Gasteiger partial charge on any atom is -0.454 e. The lowest BCUT2D eigenvalue weighted by molar-refractivity contribution is 0.332. The van der Waals surface area contributed by atoms with Crippen molar-refractivity contribution in [3.63, 3.8) is 0 Å². The molecule has 0 saturated carbocycles. The number of para-hydroxylation sites is 2. The number of hydrogen-bond acceptors (Lipinski definition) is 3. The molecule has 0 fully saturated rings. The molecule has 0 radical (unpaired) electrons. The van der Waals surface area contributed by atoms with Crippen LogP contribution in [0.2, 0.25) is 0 Å². The summed E-state index contributed by atoms with van der Waals surface area (Å²) >= 11 is 0. The van der Waals surface area contributed by atoms with Gasteiger partial charge in [0.1, 0.15) is 5.58 Å². The van der Waals surface area contributed by atoms with Gasteiger partial charge in [-0.05, 0) is 163 Å². The second kappa shape index (κ2) is 14.5. The summed E-state index contributed by atoms with van der Waals surface area (Å²) < 4.78 is 7.06. The van der Waals surface area contributed by atoms with Crippen LogP contribution in [0.5, 0.6) is 0 Å². The molecule has 9 aromatic rings. The summed E-state index contributed by atoms with van der Waals surface area (Å²) in [4.78, 5) is 5.34. The van der Waals surface area contributed by atoms with Crippen molar-refractivity contribution in [2.45, 2.75) is 142 Å². The molecular formula is C70H69BN2O. The van der Waals surface area contributed by atoms with Crippen LogP contribution in [0.4, 0.5) is 34.1 Å². The van der Waals surface area contributed by atoms with E-state index in [0.717, 1.165) is 34.0 Å². The van der Waals surface area contributed by atoms with E-state index in [-0.39, 0.29) is 39.2 Å². The molecule has 3 heterocycles. The van der Waals surface area contributed by atoms with E-state index in [1.807, 2.05) is 0 Å². The number of aryl methyl sites for hydroxylation is 2. The second-order valence-corrected chi connectivity index (χ2v) is 26.5. The smallest absolute Gasteiger partial charge is 0.252 e. The molecule has 0 N–H and O–H groups in total. The number of rotatable bonds is 2. The van der Waals surface area contributed by atoms with Crippen LogP contribution in [0.3, 0.4) is 0 Å². The molecule has 0 saturated heterocycles. The molecule has 0 bridgehead atoms. The van der Waals surface area contributed by atoms with E-state index in [9.17, 15) is 0 Å². The summed E-state index contributed by atoms with van der Waals surface area (Å²) in [5, 5.41) is 2.28. The van der Waals surface area contributed by atoms with Gasteiger partial charge in [0, 0.05) is 60.9 Å². The van der Waals surface area contributed by atoms with Crippen molar-refractivity contribution in [1.29, 1.82) is 0 Å². The van der Waals surface area contributed by atoms with Gasteiger partial charge in [-0.25, -0.2) is 0 Å². The second-order valence-electron chi connectivity index (χ2n) is 26.5. The predicted molar refractivity (Wildman–Crippen MR) is 314 cm³/mol. The van der Waals surface area contributed by atoms with Crippen LogP contribution in [0.25, 0.3) is 21.9 Å². The highest BCUT2D eigenvalue weighted by Crippen LogP contribution is 2.57. The molecule has 8 aromatic carbocycles. The molecule has 3 nitrogen and oxygen atoms in total. The Morgan fingerprint density at radius 3 is 1.31 bits per heavy atom. The zero-order valence-electron chi connectivity index (χ0n) is 46.1. The van der Waals surface area contributed by atoms with Gasteiger partial charge < -0.3 is 14.2 Å². The number of nitrogens with zero attached hydrogens (tertiary/aromatic N) is 2. The Hall–Kier alpha value is -6.78. The fourth-order valence-corrected chi connectivity index (χ4v) is 15.4. The van der Waals surface area contributed by atoms with Crippen molar-refractivity contribution in [3.05, 3.63) is 206 Å². The molecule has 0 atom stereocenters. The molecule has 14 rings (SSSR count). The van der Waals surface area contributed by atoms with Crippen molar-refractivity contribution in [2.24, 2.45) is 0 Å². The topological polar surface area (TPSA) is 19.6 Å². The van der Waals surface area contributed by atoms with Gasteiger partial charge >= 0.3 is 0 Å². The fourth-order valence-electron chi connectivity index (χ4n) is 15.4. The molecule has 2 aliphatic heterocycles. The standard InChI is InChI=1S/C70H69BN2O/c1-40-32-60-63-61(33-40)73(57-37-49-48(34-41(57)2)65(3,4)30-31-66(49,5)6)59-39-53-51(68(9,10)45-25-17-19-27-47(45)70(53,13)14)36-55(59)71(63)54-35-50-52(69(11,12)46-26-18-16-24-44(46)67(50,7)8)38-58(54)72(60)56-28-21-23-43-42-22-15-20-29-62(42)74-64(43)56/h15-29,32-39H,30-31H2,1-14H3. The summed E-state index contributed by atoms with van der Waals surface area (Å²) in [6.07, 6.45) is 2.34. The van der Waals surface area contributed by atoms with Gasteiger partial charge in [0.25, 0.3) is 6.71 Å². The lowest BCUT2D eigenvalue weighted by atomic mass is 9.32. The molecule has 3 aliphatic carbocycles. The maximum Gasteiger partial charge on any atom is 0.252 e. The Labute approximate surface area is 439 Å². The lowest BCUT2D eigenvalue weighted by Crippen LogP contribution is -2.62. The SMILES string of the molecule is Cc1cc2c3c(c1)N(c1cccc4c1oc1ccccc14)c1cc4c(cc1B3c1cc3c(cc1N2c1cc2c(cc1C)C(C)(C)CCC2(C)C)C(C)(C)c1ccccc1C3(C)C)C(C)(C)c1ccccc1C4(C)C. The van der Waals surface area contributed by atoms with E-state index in [1.165, 1.54) is 118 Å². The van der Waals surface area contributed by atoms with Crippen molar-refractivity contribution < 1.29 is 4.42 Å². The Kier molecular flexibility index (Phi) is 9.00. The minimum absolute atomic E-state index is 0.0331. The number of furan rings is 1. The van der Waals surface area contributed by atoms with Crippen LogP contribution in [-0.4, -0.2) is 6.71 Å². The third-order valence-corrected chi connectivity index (χ3v) is 19.8. The summed E-state index contributed by atoms with van der Waals surface area (Å²) in [5.74, 6) is 0.